The zero-order valence-corrected chi connectivity index (χ0v) is 20.8. The van der Waals surface area contributed by atoms with Gasteiger partial charge in [-0.05, 0) is 72.9 Å². The van der Waals surface area contributed by atoms with Crippen molar-refractivity contribution in [2.75, 3.05) is 6.61 Å². The van der Waals surface area contributed by atoms with E-state index in [1.807, 2.05) is 18.2 Å². The van der Waals surface area contributed by atoms with E-state index in [1.165, 1.54) is 16.7 Å². The van der Waals surface area contributed by atoms with E-state index in [9.17, 15) is 9.59 Å². The van der Waals surface area contributed by atoms with Gasteiger partial charge >= 0.3 is 0 Å². The highest BCUT2D eigenvalue weighted by Gasteiger charge is 2.37. The quantitative estimate of drug-likeness (QED) is 0.619. The highest BCUT2D eigenvalue weighted by atomic mass is 16.5. The number of fused-ring (bicyclic) bond motifs is 5. The van der Waals surface area contributed by atoms with Crippen molar-refractivity contribution >= 4 is 17.8 Å². The number of carbonyl (C=O) groups excluding carboxylic acids is 2. The molecule has 36 heavy (non-hydrogen) atoms. The molecule has 7 heteroatoms. The maximum Gasteiger partial charge on any atom is 0.251 e. The summed E-state index contributed by atoms with van der Waals surface area (Å²) in [5, 5.41) is 3.32. The molecule has 0 fully saturated rings. The maximum atomic E-state index is 13.5. The highest BCUT2D eigenvalue weighted by molar-refractivity contribution is 5.99. The molecule has 0 radical (unpaired) electrons. The zero-order valence-electron chi connectivity index (χ0n) is 20.8. The van der Waals surface area contributed by atoms with Crippen molar-refractivity contribution in [2.24, 2.45) is 10.7 Å². The molecule has 0 spiro atoms. The van der Waals surface area contributed by atoms with Gasteiger partial charge in [-0.2, -0.15) is 0 Å². The van der Waals surface area contributed by atoms with Crippen LogP contribution in [0, 0.1) is 0 Å². The molecular weight excluding hydrogens is 452 g/mol. The van der Waals surface area contributed by atoms with Crippen LogP contribution in [-0.2, 0) is 11.2 Å². The normalized spacial score (nSPS) is 27.6. The minimum atomic E-state index is -0.281. The summed E-state index contributed by atoms with van der Waals surface area (Å²) in [5.41, 5.74) is 11.7. The number of hydrogen-bond donors (Lipinski definition) is 2. The topological polar surface area (TPSA) is 97.0 Å². The van der Waals surface area contributed by atoms with Crippen LogP contribution in [0.1, 0.15) is 102 Å². The van der Waals surface area contributed by atoms with E-state index in [0.29, 0.717) is 36.7 Å². The number of nitrogens with one attached hydrogen (secondary N) is 1. The summed E-state index contributed by atoms with van der Waals surface area (Å²) in [4.78, 5) is 33.1. The number of carbonyl (C=O) groups is 2. The third-order valence-corrected chi connectivity index (χ3v) is 8.37. The van der Waals surface area contributed by atoms with Crippen molar-refractivity contribution in [3.63, 3.8) is 0 Å². The molecule has 2 aromatic rings. The second-order valence-electron chi connectivity index (χ2n) is 10.6. The van der Waals surface area contributed by atoms with Gasteiger partial charge in [0.05, 0.1) is 24.7 Å². The van der Waals surface area contributed by atoms with Crippen LogP contribution in [0.15, 0.2) is 41.4 Å². The van der Waals surface area contributed by atoms with Crippen molar-refractivity contribution in [3.8, 4) is 5.75 Å². The number of ether oxygens (including phenoxy) is 1. The summed E-state index contributed by atoms with van der Waals surface area (Å²) in [5.74, 6) is 1.33. The molecule has 4 heterocycles. The lowest BCUT2D eigenvalue weighted by Crippen LogP contribution is -2.50. The van der Waals surface area contributed by atoms with E-state index in [2.05, 4.69) is 30.4 Å². The van der Waals surface area contributed by atoms with Crippen molar-refractivity contribution in [3.05, 3.63) is 64.2 Å². The first-order valence-electron chi connectivity index (χ1n) is 13.4. The summed E-state index contributed by atoms with van der Waals surface area (Å²) < 4.78 is 5.89. The molecule has 0 saturated carbocycles. The number of benzene rings is 2. The summed E-state index contributed by atoms with van der Waals surface area (Å²) in [6, 6.07) is 12.0. The monoisotopic (exact) mass is 486 g/mol. The summed E-state index contributed by atoms with van der Waals surface area (Å²) in [7, 11) is 0. The van der Waals surface area contributed by atoms with Gasteiger partial charge in [0, 0.05) is 24.0 Å². The second kappa shape index (κ2) is 9.26. The van der Waals surface area contributed by atoms with Gasteiger partial charge in [0.2, 0.25) is 5.91 Å². The molecule has 188 valence electrons. The Morgan fingerprint density at radius 2 is 1.97 bits per heavy atom. The van der Waals surface area contributed by atoms with Crippen molar-refractivity contribution in [2.45, 2.75) is 82.3 Å². The van der Waals surface area contributed by atoms with Gasteiger partial charge in [-0.25, -0.2) is 4.99 Å². The molecule has 7 nitrogen and oxygen atoms in total. The van der Waals surface area contributed by atoms with Gasteiger partial charge in [0.1, 0.15) is 5.75 Å². The van der Waals surface area contributed by atoms with Crippen LogP contribution in [-0.4, -0.2) is 35.3 Å². The lowest BCUT2D eigenvalue weighted by Gasteiger charge is -2.38. The number of nitrogens with zero attached hydrogens (tertiary/aromatic N) is 2. The molecule has 4 atom stereocenters. The van der Waals surface area contributed by atoms with E-state index in [0.717, 1.165) is 44.1 Å². The van der Waals surface area contributed by atoms with Gasteiger partial charge in [-0.3, -0.25) is 14.5 Å². The maximum absolute atomic E-state index is 13.5. The highest BCUT2D eigenvalue weighted by Crippen LogP contribution is 2.43. The minimum Gasteiger partial charge on any atom is -0.493 e. The molecule has 1 aliphatic carbocycles. The SMILES string of the molecule is CCC1CC2NC(=O)c3ccc4c(c3)[C@@H](CCO4)N3C(=O)CC(CCCCc4ccc1c2c4)N=C3N. The van der Waals surface area contributed by atoms with Crippen molar-refractivity contribution in [1.82, 2.24) is 10.2 Å². The Morgan fingerprint density at radius 3 is 2.81 bits per heavy atom. The molecule has 2 amide bonds. The van der Waals surface area contributed by atoms with Crippen LogP contribution in [0.25, 0.3) is 0 Å². The van der Waals surface area contributed by atoms with Crippen molar-refractivity contribution in [1.29, 1.82) is 0 Å². The minimum absolute atomic E-state index is 0.00175. The average molecular weight is 487 g/mol. The first-order chi connectivity index (χ1) is 17.5. The first kappa shape index (κ1) is 23.1. The smallest absolute Gasteiger partial charge is 0.251 e. The van der Waals surface area contributed by atoms with Gasteiger partial charge in [0.25, 0.3) is 5.91 Å². The Hall–Kier alpha value is -3.35. The molecule has 0 aromatic heterocycles. The fourth-order valence-electron chi connectivity index (χ4n) is 6.47. The first-order valence-corrected chi connectivity index (χ1v) is 13.4. The van der Waals surface area contributed by atoms with Crippen LogP contribution >= 0.6 is 0 Å². The molecule has 6 bridgehead atoms. The average Bonchev–Trinajstić information content (AvgIpc) is 3.22. The number of nitrogens with two attached hydrogens (primary N) is 1. The summed E-state index contributed by atoms with van der Waals surface area (Å²) in [6.45, 7) is 2.71. The summed E-state index contributed by atoms with van der Waals surface area (Å²) >= 11 is 0. The van der Waals surface area contributed by atoms with Crippen LogP contribution in [0.3, 0.4) is 0 Å². The predicted octanol–water partition coefficient (Wildman–Crippen LogP) is 4.52. The Bertz CT molecular complexity index is 1240. The molecule has 5 aliphatic rings. The Labute approximate surface area is 212 Å². The fraction of sp³-hybridized carbons (Fsp3) is 0.483. The van der Waals surface area contributed by atoms with E-state index in [1.54, 1.807) is 4.90 Å². The van der Waals surface area contributed by atoms with Gasteiger partial charge in [-0.1, -0.05) is 31.5 Å². The standard InChI is InChI=1S/C29H34N4O3/c1-2-18-15-24-22-13-17(7-9-21(18)22)5-3-4-6-20-16-27(34)33(29(30)31-20)25-11-12-36-26-10-8-19(14-23(25)26)28(35)32-24/h7-10,13-14,18,20,24-25H,2-6,11-12,15-16H2,1H3,(H2,30,31)(H,32,35)/t18?,20?,24?,25-/m1/s1. The molecule has 2 aromatic carbocycles. The molecule has 0 saturated heterocycles. The Morgan fingerprint density at radius 1 is 1.08 bits per heavy atom. The van der Waals surface area contributed by atoms with Crippen LogP contribution in [0.2, 0.25) is 0 Å². The third-order valence-electron chi connectivity index (χ3n) is 8.37. The fourth-order valence-corrected chi connectivity index (χ4v) is 6.47. The largest absolute Gasteiger partial charge is 0.493 e. The molecule has 3 unspecified atom stereocenters. The van der Waals surface area contributed by atoms with Crippen molar-refractivity contribution < 1.29 is 14.3 Å². The van der Waals surface area contributed by atoms with Crippen LogP contribution in [0.5, 0.6) is 5.75 Å². The number of aryl methyl sites for hydroxylation is 1. The van der Waals surface area contributed by atoms with Gasteiger partial charge in [0.15, 0.2) is 5.96 Å². The van der Waals surface area contributed by atoms with Crippen LogP contribution in [0.4, 0.5) is 0 Å². The lowest BCUT2D eigenvalue weighted by atomic mass is 9.94. The number of guanidine groups is 1. The van der Waals surface area contributed by atoms with Gasteiger partial charge in [-0.15, -0.1) is 0 Å². The molecular formula is C29H34N4O3. The number of rotatable bonds is 1. The number of hydrogen-bond acceptors (Lipinski definition) is 5. The predicted molar refractivity (Wildman–Crippen MR) is 138 cm³/mol. The number of aliphatic imine (C=N–C) groups is 1. The second-order valence-corrected chi connectivity index (χ2v) is 10.6. The lowest BCUT2D eigenvalue weighted by molar-refractivity contribution is -0.130. The Balaban J connectivity index is 1.40. The van der Waals surface area contributed by atoms with E-state index in [4.69, 9.17) is 15.5 Å². The van der Waals surface area contributed by atoms with Crippen LogP contribution < -0.4 is 15.8 Å². The number of amides is 2. The molecule has 7 rings (SSSR count). The van der Waals surface area contributed by atoms with E-state index in [-0.39, 0.29) is 35.9 Å². The summed E-state index contributed by atoms with van der Waals surface area (Å²) in [6.07, 6.45) is 6.82. The molecule has 4 aliphatic heterocycles. The molecule has 3 N–H and O–H groups in total. The Kier molecular flexibility index (Phi) is 5.94. The zero-order chi connectivity index (χ0) is 24.8. The van der Waals surface area contributed by atoms with E-state index >= 15 is 0 Å². The van der Waals surface area contributed by atoms with Gasteiger partial charge < -0.3 is 15.8 Å². The third kappa shape index (κ3) is 4.04. The van der Waals surface area contributed by atoms with E-state index < -0.39 is 0 Å².